The third-order valence-corrected chi connectivity index (χ3v) is 9.10. The molecule has 0 aliphatic carbocycles. The van der Waals surface area contributed by atoms with Crippen LogP contribution in [-0.2, 0) is 0 Å². The Morgan fingerprint density at radius 2 is 1.09 bits per heavy atom. The van der Waals surface area contributed by atoms with Crippen LogP contribution < -0.4 is 0 Å². The minimum absolute atomic E-state index is 0.872. The normalized spacial score (nSPS) is 12.0. The van der Waals surface area contributed by atoms with Crippen molar-refractivity contribution in [1.29, 1.82) is 0 Å². The molecule has 4 heteroatoms. The van der Waals surface area contributed by atoms with Crippen LogP contribution in [0.4, 0.5) is 0 Å². The predicted octanol–water partition coefficient (Wildman–Crippen LogP) is 10.8. The van der Waals surface area contributed by atoms with Gasteiger partial charge in [-0.05, 0) is 41.8 Å². The van der Waals surface area contributed by atoms with Gasteiger partial charge in [0, 0.05) is 32.8 Å². The number of para-hydroxylation sites is 3. The maximum atomic E-state index is 6.38. The maximum Gasteiger partial charge on any atom is 0.145 e. The molecule has 0 spiro atoms. The van der Waals surface area contributed by atoms with E-state index in [-0.39, 0.29) is 0 Å². The molecular formula is C41H25N3O. The Balaban J connectivity index is 1.50. The molecule has 10 aromatic rings. The molecule has 10 rings (SSSR count). The molecular weight excluding hydrogens is 550 g/mol. The topological polar surface area (TPSA) is 35.9 Å². The van der Waals surface area contributed by atoms with E-state index in [1.807, 2.05) is 12.1 Å². The van der Waals surface area contributed by atoms with E-state index in [2.05, 4.69) is 149 Å². The zero-order valence-electron chi connectivity index (χ0n) is 24.2. The van der Waals surface area contributed by atoms with Crippen molar-refractivity contribution < 1.29 is 4.42 Å². The van der Waals surface area contributed by atoms with Crippen LogP contribution in [0, 0.1) is 0 Å². The first-order valence-corrected chi connectivity index (χ1v) is 15.2. The molecule has 0 aliphatic rings. The zero-order valence-corrected chi connectivity index (χ0v) is 24.2. The summed E-state index contributed by atoms with van der Waals surface area (Å²) in [7, 11) is 0. The Bertz CT molecular complexity index is 2750. The second kappa shape index (κ2) is 9.18. The Labute approximate surface area is 258 Å². The maximum absolute atomic E-state index is 6.38. The molecule has 0 bridgehead atoms. The van der Waals surface area contributed by atoms with Gasteiger partial charge in [-0.1, -0.05) is 115 Å². The monoisotopic (exact) mass is 575 g/mol. The molecule has 210 valence electrons. The van der Waals surface area contributed by atoms with Gasteiger partial charge in [-0.25, -0.2) is 4.98 Å². The molecule has 0 N–H and O–H groups in total. The van der Waals surface area contributed by atoms with Crippen LogP contribution >= 0.6 is 0 Å². The minimum atomic E-state index is 0.872. The van der Waals surface area contributed by atoms with Gasteiger partial charge in [0.1, 0.15) is 22.5 Å². The number of hydrogen-bond donors (Lipinski definition) is 0. The lowest BCUT2D eigenvalue weighted by Gasteiger charge is -2.13. The molecule has 0 unspecified atom stereocenters. The Kier molecular flexibility index (Phi) is 4.96. The first kappa shape index (κ1) is 24.3. The van der Waals surface area contributed by atoms with Gasteiger partial charge in [0.25, 0.3) is 0 Å². The average molecular weight is 576 g/mol. The second-order valence-electron chi connectivity index (χ2n) is 11.5. The van der Waals surface area contributed by atoms with Crippen molar-refractivity contribution in [2.24, 2.45) is 0 Å². The lowest BCUT2D eigenvalue weighted by molar-refractivity contribution is 0.669. The summed E-state index contributed by atoms with van der Waals surface area (Å²) < 4.78 is 11.1. The Morgan fingerprint density at radius 3 is 1.91 bits per heavy atom. The van der Waals surface area contributed by atoms with Crippen molar-refractivity contribution in [3.05, 3.63) is 152 Å². The highest BCUT2D eigenvalue weighted by Gasteiger charge is 2.26. The molecule has 0 saturated carbocycles. The number of furan rings is 1. The van der Waals surface area contributed by atoms with E-state index in [0.717, 1.165) is 66.8 Å². The van der Waals surface area contributed by atoms with E-state index in [1.54, 1.807) is 0 Å². The number of aromatic nitrogens is 3. The predicted molar refractivity (Wildman–Crippen MR) is 186 cm³/mol. The Morgan fingerprint density at radius 1 is 0.444 bits per heavy atom. The van der Waals surface area contributed by atoms with Crippen molar-refractivity contribution >= 4 is 65.6 Å². The number of imidazole rings is 1. The van der Waals surface area contributed by atoms with Crippen LogP contribution in [-0.4, -0.2) is 14.1 Å². The van der Waals surface area contributed by atoms with Crippen molar-refractivity contribution in [2.45, 2.75) is 0 Å². The van der Waals surface area contributed by atoms with Crippen LogP contribution in [0.1, 0.15) is 0 Å². The summed E-state index contributed by atoms with van der Waals surface area (Å²) in [5.74, 6) is 0.915. The van der Waals surface area contributed by atoms with Crippen LogP contribution in [0.2, 0.25) is 0 Å². The van der Waals surface area contributed by atoms with Gasteiger partial charge in [0.05, 0.1) is 27.6 Å². The molecule has 0 fully saturated rings. The van der Waals surface area contributed by atoms with Gasteiger partial charge in [0.15, 0.2) is 0 Å². The van der Waals surface area contributed by atoms with Crippen molar-refractivity contribution in [2.75, 3.05) is 0 Å². The largest absolute Gasteiger partial charge is 0.456 e. The highest BCUT2D eigenvalue weighted by atomic mass is 16.3. The van der Waals surface area contributed by atoms with Gasteiger partial charge >= 0.3 is 0 Å². The molecule has 0 amide bonds. The van der Waals surface area contributed by atoms with Gasteiger partial charge in [-0.15, -0.1) is 0 Å². The summed E-state index contributed by atoms with van der Waals surface area (Å²) in [6, 6.07) is 53.3. The molecule has 3 heterocycles. The van der Waals surface area contributed by atoms with Crippen LogP contribution in [0.15, 0.2) is 156 Å². The van der Waals surface area contributed by atoms with Crippen LogP contribution in [0.25, 0.3) is 88.3 Å². The Hall–Kier alpha value is -6.13. The molecule has 3 aromatic heterocycles. The first-order valence-electron chi connectivity index (χ1n) is 15.2. The number of fused-ring (bicyclic) bond motifs is 11. The van der Waals surface area contributed by atoms with E-state index in [9.17, 15) is 0 Å². The van der Waals surface area contributed by atoms with Gasteiger partial charge in [-0.2, -0.15) is 0 Å². The minimum Gasteiger partial charge on any atom is -0.456 e. The van der Waals surface area contributed by atoms with E-state index in [1.165, 1.54) is 21.5 Å². The quantitative estimate of drug-likeness (QED) is 0.210. The SMILES string of the molecule is c1ccc(-c2nc3c(c4ccccc4c4c5ccccc5n(-c5cccc6oc7ccccc7c56)c34)n2-c2ccccc2)cc1. The second-order valence-corrected chi connectivity index (χ2v) is 11.5. The van der Waals surface area contributed by atoms with E-state index < -0.39 is 0 Å². The third kappa shape index (κ3) is 3.34. The van der Waals surface area contributed by atoms with Crippen LogP contribution in [0.3, 0.4) is 0 Å². The number of rotatable bonds is 3. The lowest BCUT2D eigenvalue weighted by Crippen LogP contribution is -1.98. The molecule has 0 atom stereocenters. The highest BCUT2D eigenvalue weighted by molar-refractivity contribution is 6.31. The number of benzene rings is 7. The fourth-order valence-electron chi connectivity index (χ4n) is 7.28. The summed E-state index contributed by atoms with van der Waals surface area (Å²) in [5, 5.41) is 6.99. The smallest absolute Gasteiger partial charge is 0.145 e. The number of nitrogens with zero attached hydrogens (tertiary/aromatic N) is 3. The third-order valence-electron chi connectivity index (χ3n) is 9.10. The summed E-state index contributed by atoms with van der Waals surface area (Å²) in [6.45, 7) is 0. The number of hydrogen-bond acceptors (Lipinski definition) is 2. The molecule has 0 radical (unpaired) electrons. The summed E-state index contributed by atoms with van der Waals surface area (Å²) in [5.41, 5.74) is 9.27. The molecule has 45 heavy (non-hydrogen) atoms. The summed E-state index contributed by atoms with van der Waals surface area (Å²) in [4.78, 5) is 5.57. The summed E-state index contributed by atoms with van der Waals surface area (Å²) >= 11 is 0. The molecule has 0 aliphatic heterocycles. The van der Waals surface area contributed by atoms with Gasteiger partial charge in [0.2, 0.25) is 0 Å². The molecule has 7 aromatic carbocycles. The summed E-state index contributed by atoms with van der Waals surface area (Å²) in [6.07, 6.45) is 0. The van der Waals surface area contributed by atoms with Gasteiger partial charge in [-0.3, -0.25) is 4.57 Å². The van der Waals surface area contributed by atoms with Crippen molar-refractivity contribution in [3.63, 3.8) is 0 Å². The highest BCUT2D eigenvalue weighted by Crippen LogP contribution is 2.45. The van der Waals surface area contributed by atoms with E-state index in [0.29, 0.717) is 0 Å². The average Bonchev–Trinajstić information content (AvgIpc) is 3.79. The molecule has 4 nitrogen and oxygen atoms in total. The fraction of sp³-hybridized carbons (Fsp3) is 0. The standard InChI is InChI=1S/C41H25N3O/c1-3-14-26(15-4-1)41-42-38-39(43(41)27-16-5-2-6-17-27)29-19-8-7-18-28(29)36-30-20-9-11-22-32(30)44(40(36)38)33-23-13-25-35-37(33)31-21-10-12-24-34(31)45-35/h1-25H. The van der Waals surface area contributed by atoms with E-state index >= 15 is 0 Å². The van der Waals surface area contributed by atoms with E-state index in [4.69, 9.17) is 9.40 Å². The van der Waals surface area contributed by atoms with Crippen molar-refractivity contribution in [1.82, 2.24) is 14.1 Å². The van der Waals surface area contributed by atoms with Crippen LogP contribution in [0.5, 0.6) is 0 Å². The van der Waals surface area contributed by atoms with Crippen molar-refractivity contribution in [3.8, 4) is 22.8 Å². The first-order chi connectivity index (χ1) is 22.4. The fourth-order valence-corrected chi connectivity index (χ4v) is 7.28. The van der Waals surface area contributed by atoms with Gasteiger partial charge < -0.3 is 8.98 Å². The lowest BCUT2D eigenvalue weighted by atomic mass is 10.0. The molecule has 0 saturated heterocycles. The zero-order chi connectivity index (χ0) is 29.5.